The zero-order valence-electron chi connectivity index (χ0n) is 13.7. The van der Waals surface area contributed by atoms with Crippen LogP contribution in [0.1, 0.15) is 11.1 Å². The number of benzene rings is 2. The minimum Gasteiger partial charge on any atom is -0.768 e. The molecule has 1 atom stereocenters. The van der Waals surface area contributed by atoms with E-state index in [2.05, 4.69) is 10.3 Å². The Bertz CT molecular complexity index is 906. The third kappa shape index (κ3) is 5.12. The van der Waals surface area contributed by atoms with E-state index >= 15 is 0 Å². The lowest BCUT2D eigenvalue weighted by Crippen LogP contribution is -2.14. The van der Waals surface area contributed by atoms with Crippen molar-refractivity contribution in [3.63, 3.8) is 0 Å². The van der Waals surface area contributed by atoms with E-state index in [1.54, 1.807) is 36.7 Å². The molecule has 7 heteroatoms. The Kier molecular flexibility index (Phi) is 6.35. The molecule has 0 aliphatic rings. The van der Waals surface area contributed by atoms with Gasteiger partial charge in [0, 0.05) is 29.2 Å². The summed E-state index contributed by atoms with van der Waals surface area (Å²) in [7, 11) is 0. The first-order chi connectivity index (χ1) is 12.6. The van der Waals surface area contributed by atoms with Crippen molar-refractivity contribution in [3.05, 3.63) is 83.1 Å². The normalized spacial score (nSPS) is 11.9. The van der Waals surface area contributed by atoms with Crippen LogP contribution in [0.5, 0.6) is 11.5 Å². The summed E-state index contributed by atoms with van der Waals surface area (Å²) in [5.74, 6) is 1.13. The SMILES string of the molecule is O=S([O-])c1ccc(Oc2cccnc2)cc1CNCc1cccc(Cl)c1. The number of rotatable bonds is 7. The van der Waals surface area contributed by atoms with Crippen molar-refractivity contribution >= 4 is 22.7 Å². The van der Waals surface area contributed by atoms with E-state index in [9.17, 15) is 8.76 Å². The van der Waals surface area contributed by atoms with Crippen LogP contribution in [0.15, 0.2) is 71.9 Å². The molecule has 0 radical (unpaired) electrons. The standard InChI is InChI=1S/C19H17ClN2O3S/c20-16-4-1-3-14(9-16)11-22-12-15-10-17(6-7-19(15)26(23)24)25-18-5-2-8-21-13-18/h1-10,13,22H,11-12H2,(H,23,24)/p-1. The van der Waals surface area contributed by atoms with Crippen molar-refractivity contribution in [2.75, 3.05) is 0 Å². The Hall–Kier alpha value is -2.25. The largest absolute Gasteiger partial charge is 0.768 e. The molecule has 1 unspecified atom stereocenters. The molecular formula is C19H16ClN2O3S-. The summed E-state index contributed by atoms with van der Waals surface area (Å²) >= 11 is 3.65. The van der Waals surface area contributed by atoms with Crippen LogP contribution in [-0.4, -0.2) is 13.7 Å². The zero-order valence-corrected chi connectivity index (χ0v) is 15.3. The maximum absolute atomic E-state index is 11.5. The van der Waals surface area contributed by atoms with Crippen LogP contribution in [0.2, 0.25) is 5.02 Å². The third-order valence-corrected chi connectivity index (χ3v) is 4.61. The van der Waals surface area contributed by atoms with Gasteiger partial charge in [0.25, 0.3) is 0 Å². The first-order valence-corrected chi connectivity index (χ1v) is 9.32. The number of hydrogen-bond donors (Lipinski definition) is 1. The second-order valence-electron chi connectivity index (χ2n) is 5.53. The fourth-order valence-electron chi connectivity index (χ4n) is 2.45. The van der Waals surface area contributed by atoms with E-state index in [0.29, 0.717) is 35.2 Å². The predicted octanol–water partition coefficient (Wildman–Crippen LogP) is 4.06. The summed E-state index contributed by atoms with van der Waals surface area (Å²) in [6, 6.07) is 15.9. The molecule has 0 bridgehead atoms. The van der Waals surface area contributed by atoms with E-state index in [-0.39, 0.29) is 4.90 Å². The van der Waals surface area contributed by atoms with Crippen molar-refractivity contribution < 1.29 is 13.5 Å². The van der Waals surface area contributed by atoms with Crippen LogP contribution in [0, 0.1) is 0 Å². The second kappa shape index (κ2) is 8.91. The zero-order chi connectivity index (χ0) is 18.4. The molecule has 134 valence electrons. The molecular weight excluding hydrogens is 372 g/mol. The molecule has 0 spiro atoms. The average molecular weight is 388 g/mol. The fourth-order valence-corrected chi connectivity index (χ4v) is 3.19. The van der Waals surface area contributed by atoms with E-state index in [0.717, 1.165) is 5.56 Å². The summed E-state index contributed by atoms with van der Waals surface area (Å²) in [5, 5.41) is 3.90. The van der Waals surface area contributed by atoms with Gasteiger partial charge in [0.05, 0.1) is 6.20 Å². The molecule has 26 heavy (non-hydrogen) atoms. The monoisotopic (exact) mass is 387 g/mol. The summed E-state index contributed by atoms with van der Waals surface area (Å²) in [4.78, 5) is 4.23. The van der Waals surface area contributed by atoms with Crippen LogP contribution in [0.25, 0.3) is 0 Å². The molecule has 1 heterocycles. The molecule has 1 aromatic heterocycles. The summed E-state index contributed by atoms with van der Waals surface area (Å²) in [6.45, 7) is 0.944. The van der Waals surface area contributed by atoms with Crippen LogP contribution in [0.4, 0.5) is 0 Å². The molecule has 3 aromatic rings. The highest BCUT2D eigenvalue weighted by molar-refractivity contribution is 7.79. The Labute approximate surface area is 159 Å². The van der Waals surface area contributed by atoms with E-state index in [1.807, 2.05) is 24.3 Å². The summed E-state index contributed by atoms with van der Waals surface area (Å²) in [5.41, 5.74) is 1.65. The molecule has 3 rings (SSSR count). The van der Waals surface area contributed by atoms with E-state index in [4.69, 9.17) is 16.3 Å². The Morgan fingerprint density at radius 2 is 1.96 bits per heavy atom. The number of nitrogens with zero attached hydrogens (tertiary/aromatic N) is 1. The van der Waals surface area contributed by atoms with Gasteiger partial charge in [-0.15, -0.1) is 0 Å². The number of ether oxygens (including phenoxy) is 1. The van der Waals surface area contributed by atoms with Gasteiger partial charge in [-0.1, -0.05) is 23.7 Å². The molecule has 0 aliphatic heterocycles. The van der Waals surface area contributed by atoms with Gasteiger partial charge >= 0.3 is 0 Å². The smallest absolute Gasteiger partial charge is 0.145 e. The van der Waals surface area contributed by atoms with Crippen LogP contribution >= 0.6 is 11.6 Å². The molecule has 1 N–H and O–H groups in total. The number of nitrogens with one attached hydrogen (secondary N) is 1. The third-order valence-electron chi connectivity index (χ3n) is 3.62. The summed E-state index contributed by atoms with van der Waals surface area (Å²) in [6.07, 6.45) is 3.25. The highest BCUT2D eigenvalue weighted by Crippen LogP contribution is 2.25. The Balaban J connectivity index is 1.73. The molecule has 5 nitrogen and oxygen atoms in total. The molecule has 0 saturated carbocycles. The number of pyridine rings is 1. The lowest BCUT2D eigenvalue weighted by Gasteiger charge is -2.15. The van der Waals surface area contributed by atoms with Crippen LogP contribution in [0.3, 0.4) is 0 Å². The topological polar surface area (TPSA) is 74.3 Å². The number of aromatic nitrogens is 1. The minimum absolute atomic E-state index is 0.238. The van der Waals surface area contributed by atoms with Gasteiger partial charge < -0.3 is 14.6 Å². The van der Waals surface area contributed by atoms with Gasteiger partial charge in [-0.2, -0.15) is 0 Å². The Morgan fingerprint density at radius 1 is 1.08 bits per heavy atom. The van der Waals surface area contributed by atoms with Crippen LogP contribution in [-0.2, 0) is 24.2 Å². The Morgan fingerprint density at radius 3 is 2.69 bits per heavy atom. The van der Waals surface area contributed by atoms with E-state index in [1.165, 1.54) is 6.07 Å². The van der Waals surface area contributed by atoms with Crippen molar-refractivity contribution in [1.29, 1.82) is 0 Å². The first-order valence-electron chi connectivity index (χ1n) is 7.87. The molecule has 0 saturated heterocycles. The maximum Gasteiger partial charge on any atom is 0.145 e. The molecule has 0 aliphatic carbocycles. The lowest BCUT2D eigenvalue weighted by molar-refractivity contribution is 0.478. The van der Waals surface area contributed by atoms with Gasteiger partial charge in [-0.25, -0.2) is 0 Å². The van der Waals surface area contributed by atoms with Gasteiger partial charge in [0.2, 0.25) is 0 Å². The van der Waals surface area contributed by atoms with Crippen molar-refractivity contribution in [2.45, 2.75) is 18.0 Å². The minimum atomic E-state index is -2.33. The number of hydrogen-bond acceptors (Lipinski definition) is 5. The van der Waals surface area contributed by atoms with Crippen molar-refractivity contribution in [1.82, 2.24) is 10.3 Å². The second-order valence-corrected chi connectivity index (χ2v) is 6.87. The highest BCUT2D eigenvalue weighted by atomic mass is 35.5. The first kappa shape index (κ1) is 18.5. The molecule has 2 aromatic carbocycles. The van der Waals surface area contributed by atoms with E-state index < -0.39 is 11.1 Å². The van der Waals surface area contributed by atoms with Crippen LogP contribution < -0.4 is 10.1 Å². The van der Waals surface area contributed by atoms with Gasteiger partial charge in [-0.3, -0.25) is 9.19 Å². The van der Waals surface area contributed by atoms with Crippen molar-refractivity contribution in [3.8, 4) is 11.5 Å². The molecule has 0 fully saturated rings. The van der Waals surface area contributed by atoms with Gasteiger partial charge in [0.15, 0.2) is 0 Å². The van der Waals surface area contributed by atoms with Crippen molar-refractivity contribution in [2.24, 2.45) is 0 Å². The fraction of sp³-hybridized carbons (Fsp3) is 0.105. The quantitative estimate of drug-likeness (QED) is 0.619. The maximum atomic E-state index is 11.5. The predicted molar refractivity (Wildman–Crippen MR) is 99.9 cm³/mol. The molecule has 0 amide bonds. The summed E-state index contributed by atoms with van der Waals surface area (Å²) < 4.78 is 28.7. The average Bonchev–Trinajstić information content (AvgIpc) is 2.63. The number of halogens is 1. The highest BCUT2D eigenvalue weighted by Gasteiger charge is 2.07. The van der Waals surface area contributed by atoms with Gasteiger partial charge in [0.1, 0.15) is 11.5 Å². The lowest BCUT2D eigenvalue weighted by atomic mass is 10.2. The van der Waals surface area contributed by atoms with Gasteiger partial charge in [-0.05, 0) is 64.7 Å².